The summed E-state index contributed by atoms with van der Waals surface area (Å²) in [5.74, 6) is -0.765. The van der Waals surface area contributed by atoms with Crippen LogP contribution in [0.15, 0.2) is 24.3 Å². The maximum Gasteiger partial charge on any atom is 0.530 e. The fraction of sp³-hybridized carbons (Fsp3) is 0.773. The quantitative estimate of drug-likeness (QED) is 0.0835. The lowest BCUT2D eigenvalue weighted by Crippen LogP contribution is -2.54. The van der Waals surface area contributed by atoms with Gasteiger partial charge < -0.3 is 29.1 Å². The molecule has 1 fully saturated rings. The largest absolute Gasteiger partial charge is 0.530 e. The van der Waals surface area contributed by atoms with Crippen LogP contribution in [0.25, 0.3) is 0 Å². The molecular weight excluding hydrogens is 761 g/mol. The van der Waals surface area contributed by atoms with Crippen LogP contribution in [0, 0.1) is 29.6 Å². The Labute approximate surface area is 349 Å². The molecule has 2 rings (SSSR count). The second kappa shape index (κ2) is 25.2. The number of hydrogen-bond donors (Lipinski definition) is 1. The van der Waals surface area contributed by atoms with Crippen molar-refractivity contribution in [2.24, 2.45) is 29.6 Å². The molecule has 14 heteroatoms. The molecular formula is C44H76N3O10P. The van der Waals surface area contributed by atoms with Crippen LogP contribution in [0.5, 0.6) is 5.75 Å². The van der Waals surface area contributed by atoms with Crippen LogP contribution in [0.1, 0.15) is 113 Å². The van der Waals surface area contributed by atoms with Gasteiger partial charge in [0.2, 0.25) is 11.8 Å². The van der Waals surface area contributed by atoms with E-state index in [4.69, 9.17) is 23.0 Å². The van der Waals surface area contributed by atoms with E-state index in [0.29, 0.717) is 31.6 Å². The number of aryl methyl sites for hydroxylation is 1. The maximum absolute atomic E-state index is 14.2. The third-order valence-electron chi connectivity index (χ3n) is 11.8. The van der Waals surface area contributed by atoms with Gasteiger partial charge in [0.15, 0.2) is 5.78 Å². The van der Waals surface area contributed by atoms with Gasteiger partial charge in [-0.3, -0.25) is 28.2 Å². The predicted octanol–water partition coefficient (Wildman–Crippen LogP) is 7.53. The Morgan fingerprint density at radius 1 is 0.914 bits per heavy atom. The van der Waals surface area contributed by atoms with Gasteiger partial charge in [-0.25, -0.2) is 4.57 Å². The number of nitrogens with zero attached hydrogens (tertiary/aromatic N) is 2. The van der Waals surface area contributed by atoms with Crippen LogP contribution >= 0.6 is 7.82 Å². The number of para-hydroxylation sites is 1. The zero-order valence-electron chi connectivity index (χ0n) is 37.8. The Morgan fingerprint density at radius 3 is 2.09 bits per heavy atom. The molecule has 1 heterocycles. The first-order valence-electron chi connectivity index (χ1n) is 21.5. The number of ether oxygens (including phenoxy) is 2. The Hall–Kier alpha value is -2.67. The summed E-state index contributed by atoms with van der Waals surface area (Å²) in [6, 6.07) is 6.18. The number of carbonyl (C=O) groups excluding carboxylic acids is 4. The van der Waals surface area contributed by atoms with Crippen LogP contribution in [-0.2, 0) is 48.7 Å². The van der Waals surface area contributed by atoms with Gasteiger partial charge in [-0.1, -0.05) is 73.1 Å². The number of carbonyl (C=O) groups is 4. The van der Waals surface area contributed by atoms with Gasteiger partial charge in [-0.2, -0.15) is 0 Å². The normalized spacial score (nSPS) is 18.4. The summed E-state index contributed by atoms with van der Waals surface area (Å²) >= 11 is 0. The molecule has 0 spiro atoms. The van der Waals surface area contributed by atoms with Crippen LogP contribution in [0.3, 0.4) is 0 Å². The highest BCUT2D eigenvalue weighted by molar-refractivity contribution is 7.48. The Morgan fingerprint density at radius 2 is 1.55 bits per heavy atom. The lowest BCUT2D eigenvalue weighted by molar-refractivity contribution is -0.149. The molecule has 0 radical (unpaired) electrons. The number of rotatable bonds is 28. The minimum atomic E-state index is -3.79. The van der Waals surface area contributed by atoms with E-state index in [1.165, 1.54) is 0 Å². The van der Waals surface area contributed by atoms with E-state index >= 15 is 0 Å². The lowest BCUT2D eigenvalue weighted by Gasteiger charge is -2.41. The van der Waals surface area contributed by atoms with Crippen molar-refractivity contribution in [1.29, 1.82) is 0 Å². The number of phosphoric ester groups is 1. The maximum atomic E-state index is 14.2. The first kappa shape index (κ1) is 51.5. The fourth-order valence-corrected chi connectivity index (χ4v) is 9.66. The van der Waals surface area contributed by atoms with E-state index in [9.17, 15) is 23.7 Å². The van der Waals surface area contributed by atoms with E-state index < -0.39 is 37.9 Å². The van der Waals surface area contributed by atoms with Crippen LogP contribution in [0.2, 0.25) is 0 Å². The van der Waals surface area contributed by atoms with E-state index in [-0.39, 0.29) is 85.7 Å². The summed E-state index contributed by atoms with van der Waals surface area (Å²) in [6.45, 7) is 18.2. The van der Waals surface area contributed by atoms with Crippen LogP contribution in [-0.4, -0.2) is 112 Å². The molecule has 0 saturated carbocycles. The van der Waals surface area contributed by atoms with Gasteiger partial charge in [0.05, 0.1) is 50.0 Å². The third-order valence-corrected chi connectivity index (χ3v) is 13.4. The van der Waals surface area contributed by atoms with Gasteiger partial charge in [0, 0.05) is 52.5 Å². The number of phosphoric acid groups is 1. The Balaban J connectivity index is 2.20. The topological polar surface area (TPSA) is 150 Å². The zero-order valence-corrected chi connectivity index (χ0v) is 38.7. The molecule has 1 aliphatic heterocycles. The minimum absolute atomic E-state index is 0.00654. The predicted molar refractivity (Wildman–Crippen MR) is 228 cm³/mol. The number of nitrogens with one attached hydrogen (secondary N) is 1. The number of amides is 2. The van der Waals surface area contributed by atoms with Gasteiger partial charge in [-0.15, -0.1) is 0 Å². The summed E-state index contributed by atoms with van der Waals surface area (Å²) in [6.07, 6.45) is 2.64. The van der Waals surface area contributed by atoms with E-state index in [1.54, 1.807) is 59.2 Å². The Bertz CT molecular complexity index is 1480. The van der Waals surface area contributed by atoms with Gasteiger partial charge in [0.25, 0.3) is 0 Å². The molecule has 58 heavy (non-hydrogen) atoms. The molecule has 1 unspecified atom stereocenters. The van der Waals surface area contributed by atoms with Crippen molar-refractivity contribution >= 4 is 31.2 Å². The van der Waals surface area contributed by atoms with E-state index in [2.05, 4.69) is 19.2 Å². The number of methoxy groups -OCH3 is 2. The summed E-state index contributed by atoms with van der Waals surface area (Å²) in [7, 11) is 2.92. The molecule has 1 aliphatic rings. The molecule has 0 aliphatic carbocycles. The lowest BCUT2D eigenvalue weighted by atomic mass is 9.84. The molecule has 0 bridgehead atoms. The highest BCUT2D eigenvalue weighted by atomic mass is 31.2. The molecule has 1 N–H and O–H groups in total. The fourth-order valence-electron chi connectivity index (χ4n) is 8.43. The molecule has 332 valence electrons. The first-order valence-corrected chi connectivity index (χ1v) is 22.9. The SMILES string of the molecule is CCOP(=O)(OCC)Oc1ccccc1CCCC(=O)[C@H](C)[C@@H](OC)[C@@H]1CCCN1C(=O)C[C@@H](OC)[C@H](C(C)CC)N(C)C(=O)[C@@H](CC(=O)[C@@H](NC)C(C)C)C(C)C. The smallest absolute Gasteiger partial charge is 0.404 e. The number of likely N-dealkylation sites (N-methyl/N-ethyl adjacent to an activating group) is 2. The Kier molecular flexibility index (Phi) is 22.3. The average molecular weight is 838 g/mol. The van der Waals surface area contributed by atoms with Crippen molar-refractivity contribution in [2.45, 2.75) is 144 Å². The molecule has 1 aromatic carbocycles. The average Bonchev–Trinajstić information content (AvgIpc) is 3.66. The van der Waals surface area contributed by atoms with Crippen molar-refractivity contribution < 1.29 is 46.8 Å². The summed E-state index contributed by atoms with van der Waals surface area (Å²) < 4.78 is 41.5. The van der Waals surface area contributed by atoms with Gasteiger partial charge in [-0.05, 0) is 76.0 Å². The van der Waals surface area contributed by atoms with Crippen molar-refractivity contribution in [3.8, 4) is 5.75 Å². The second-order valence-corrected chi connectivity index (χ2v) is 18.0. The minimum Gasteiger partial charge on any atom is -0.404 e. The molecule has 1 aromatic rings. The zero-order chi connectivity index (χ0) is 43.7. The van der Waals surface area contributed by atoms with Crippen molar-refractivity contribution in [3.05, 3.63) is 29.8 Å². The highest BCUT2D eigenvalue weighted by Gasteiger charge is 2.43. The molecule has 1 saturated heterocycles. The first-order chi connectivity index (χ1) is 27.4. The third kappa shape index (κ3) is 14.2. The van der Waals surface area contributed by atoms with Crippen LogP contribution < -0.4 is 9.84 Å². The molecule has 8 atom stereocenters. The van der Waals surface area contributed by atoms with Gasteiger partial charge in [0.1, 0.15) is 11.5 Å². The van der Waals surface area contributed by atoms with E-state index in [0.717, 1.165) is 18.4 Å². The van der Waals surface area contributed by atoms with Crippen molar-refractivity contribution in [3.63, 3.8) is 0 Å². The highest BCUT2D eigenvalue weighted by Crippen LogP contribution is 2.50. The number of benzene rings is 1. The van der Waals surface area contributed by atoms with Crippen LogP contribution in [0.4, 0.5) is 0 Å². The standard InChI is InChI=1S/C44H76N3O10P/c1-14-31(8)42(46(11)44(51)34(29(4)5)27-37(49)41(45-10)30(6)7)39(53-12)28-40(50)47-26-20-23-35(47)43(54-13)32(9)36(48)24-19-22-33-21-17-18-25-38(33)57-58(52,55-15-2)56-16-3/h17-18,21,25,29-32,34-35,39,41-43,45H,14-16,19-20,22-24,26-28H2,1-13H3/t31?,32-,34-,35-,39+,41-,42-,43+/m0/s1. The second-order valence-electron chi connectivity index (χ2n) is 16.4. The number of likely N-dealkylation sites (tertiary alicyclic amines) is 1. The molecule has 13 nitrogen and oxygen atoms in total. The number of ketones is 2. The summed E-state index contributed by atoms with van der Waals surface area (Å²) in [4.78, 5) is 59.1. The molecule has 2 amide bonds. The monoisotopic (exact) mass is 838 g/mol. The molecule has 0 aromatic heterocycles. The summed E-state index contributed by atoms with van der Waals surface area (Å²) in [5, 5.41) is 3.11. The summed E-state index contributed by atoms with van der Waals surface area (Å²) in [5.41, 5.74) is 0.788. The van der Waals surface area contributed by atoms with Crippen molar-refractivity contribution in [1.82, 2.24) is 15.1 Å². The number of Topliss-reactive ketones (excluding diaryl/α,β-unsaturated/α-hetero) is 2. The van der Waals surface area contributed by atoms with E-state index in [1.807, 2.05) is 51.7 Å². The van der Waals surface area contributed by atoms with Crippen molar-refractivity contribution in [2.75, 3.05) is 48.1 Å². The number of hydrogen-bond acceptors (Lipinski definition) is 11. The van der Waals surface area contributed by atoms with Gasteiger partial charge >= 0.3 is 7.82 Å².